The van der Waals surface area contributed by atoms with Crippen molar-refractivity contribution < 1.29 is 13.2 Å². The Bertz CT molecular complexity index is 893. The molecule has 0 bridgehead atoms. The summed E-state index contributed by atoms with van der Waals surface area (Å²) in [6, 6.07) is 8.65. The summed E-state index contributed by atoms with van der Waals surface area (Å²) in [6.45, 7) is 3.13. The molecule has 0 fully saturated rings. The first-order valence-corrected chi connectivity index (χ1v) is 10.4. The van der Waals surface area contributed by atoms with E-state index in [9.17, 15) is 13.2 Å². The van der Waals surface area contributed by atoms with E-state index in [0.717, 1.165) is 15.4 Å². The van der Waals surface area contributed by atoms with Crippen LogP contribution in [0, 0.1) is 6.92 Å². The normalized spacial score (nSPS) is 12.1. The molecule has 0 unspecified atom stereocenters. The largest absolute Gasteiger partial charge is 0.271 e. The minimum Gasteiger partial charge on any atom is -0.271 e. The van der Waals surface area contributed by atoms with E-state index in [0.29, 0.717) is 22.0 Å². The van der Waals surface area contributed by atoms with Gasteiger partial charge < -0.3 is 0 Å². The third-order valence-corrected chi connectivity index (χ3v) is 5.69. The zero-order valence-corrected chi connectivity index (χ0v) is 16.4. The number of amides is 1. The molecule has 0 saturated heterocycles. The van der Waals surface area contributed by atoms with Crippen LogP contribution in [0.1, 0.15) is 17.4 Å². The lowest BCUT2D eigenvalue weighted by atomic mass is 10.2. The fourth-order valence-electron chi connectivity index (χ4n) is 2.08. The van der Waals surface area contributed by atoms with Crippen LogP contribution in [-0.4, -0.2) is 32.8 Å². The predicted molar refractivity (Wildman–Crippen MR) is 103 cm³/mol. The first-order chi connectivity index (χ1) is 11.7. The second kappa shape index (κ2) is 7.99. The zero-order chi connectivity index (χ0) is 18.6. The number of thiophene rings is 1. The summed E-state index contributed by atoms with van der Waals surface area (Å²) < 4.78 is 25.3. The number of anilines is 1. The Kier molecular flexibility index (Phi) is 6.21. The van der Waals surface area contributed by atoms with Crippen LogP contribution < -0.4 is 9.73 Å². The van der Waals surface area contributed by atoms with Crippen molar-refractivity contribution in [2.24, 2.45) is 5.10 Å². The molecule has 0 spiro atoms. The topological polar surface area (TPSA) is 78.8 Å². The van der Waals surface area contributed by atoms with Gasteiger partial charge in [0.2, 0.25) is 10.0 Å². The van der Waals surface area contributed by atoms with Gasteiger partial charge in [0, 0.05) is 9.90 Å². The first kappa shape index (κ1) is 19.4. The molecule has 2 rings (SSSR count). The molecule has 134 valence electrons. The van der Waals surface area contributed by atoms with Crippen molar-refractivity contribution >= 4 is 50.3 Å². The van der Waals surface area contributed by atoms with Crippen LogP contribution in [0.25, 0.3) is 0 Å². The minimum absolute atomic E-state index is 0.365. The van der Waals surface area contributed by atoms with Crippen LogP contribution in [0.3, 0.4) is 0 Å². The number of hydrogen-bond acceptors (Lipinski definition) is 5. The summed E-state index contributed by atoms with van der Waals surface area (Å²) in [5.41, 5.74) is 4.10. The second-order valence-corrected chi connectivity index (χ2v) is 8.70. The molecule has 0 aliphatic carbocycles. The van der Waals surface area contributed by atoms with E-state index in [-0.39, 0.29) is 6.54 Å². The number of hydrazone groups is 1. The maximum atomic E-state index is 12.2. The van der Waals surface area contributed by atoms with Crippen molar-refractivity contribution in [1.82, 2.24) is 5.43 Å². The van der Waals surface area contributed by atoms with Crippen molar-refractivity contribution in [2.45, 2.75) is 13.8 Å². The Morgan fingerprint density at radius 2 is 2.08 bits per heavy atom. The number of sulfonamides is 1. The van der Waals surface area contributed by atoms with Gasteiger partial charge in [-0.2, -0.15) is 5.10 Å². The van der Waals surface area contributed by atoms with Crippen molar-refractivity contribution in [2.75, 3.05) is 17.1 Å². The Morgan fingerprint density at radius 1 is 1.36 bits per heavy atom. The zero-order valence-electron chi connectivity index (χ0n) is 14.0. The van der Waals surface area contributed by atoms with E-state index in [1.807, 2.05) is 17.5 Å². The number of nitrogens with one attached hydrogen (secondary N) is 1. The molecular weight excluding hydrogens is 382 g/mol. The van der Waals surface area contributed by atoms with Gasteiger partial charge in [0.05, 0.1) is 17.7 Å². The van der Waals surface area contributed by atoms with Crippen molar-refractivity contribution in [1.29, 1.82) is 0 Å². The standard InChI is InChI=1S/C16H18ClN3O3S2/c1-11-6-7-13(17)9-14(11)20(25(3,22)23)10-16(21)19-18-12(2)15-5-4-8-24-15/h4-9H,10H2,1-3H3,(H,19,21)/b18-12-. The SMILES string of the molecule is C/C(=N/NC(=O)CN(c1cc(Cl)ccc1C)S(C)(=O)=O)c1cccs1. The molecule has 2 aromatic rings. The van der Waals surface area contributed by atoms with Crippen molar-refractivity contribution in [3.05, 3.63) is 51.2 Å². The van der Waals surface area contributed by atoms with Gasteiger partial charge in [0.1, 0.15) is 6.54 Å². The third kappa shape index (κ3) is 5.29. The molecule has 1 heterocycles. The lowest BCUT2D eigenvalue weighted by Gasteiger charge is -2.23. The fourth-order valence-corrected chi connectivity index (χ4v) is 3.83. The lowest BCUT2D eigenvalue weighted by molar-refractivity contribution is -0.119. The van der Waals surface area contributed by atoms with Crippen LogP contribution in [-0.2, 0) is 14.8 Å². The van der Waals surface area contributed by atoms with Gasteiger partial charge in [-0.05, 0) is 43.0 Å². The molecule has 9 heteroatoms. The van der Waals surface area contributed by atoms with Gasteiger partial charge >= 0.3 is 0 Å². The number of nitrogens with zero attached hydrogens (tertiary/aromatic N) is 2. The molecular formula is C16H18ClN3O3S2. The molecule has 1 N–H and O–H groups in total. The Labute approximate surface area is 156 Å². The number of aryl methyl sites for hydroxylation is 1. The third-order valence-electron chi connectivity index (χ3n) is 3.35. The molecule has 1 amide bonds. The minimum atomic E-state index is -3.67. The average molecular weight is 400 g/mol. The Morgan fingerprint density at radius 3 is 2.68 bits per heavy atom. The molecule has 0 saturated carbocycles. The highest BCUT2D eigenvalue weighted by molar-refractivity contribution is 7.92. The molecule has 1 aromatic carbocycles. The van der Waals surface area contributed by atoms with E-state index < -0.39 is 15.9 Å². The lowest BCUT2D eigenvalue weighted by Crippen LogP contribution is -2.39. The number of halogens is 1. The second-order valence-electron chi connectivity index (χ2n) is 5.41. The van der Waals surface area contributed by atoms with Crippen LogP contribution in [0.4, 0.5) is 5.69 Å². The van der Waals surface area contributed by atoms with Gasteiger partial charge in [0.25, 0.3) is 5.91 Å². The Balaban J connectivity index is 2.19. The van der Waals surface area contributed by atoms with E-state index in [2.05, 4.69) is 10.5 Å². The molecule has 1 aromatic heterocycles. The van der Waals surface area contributed by atoms with E-state index in [1.54, 1.807) is 26.0 Å². The fraction of sp³-hybridized carbons (Fsp3) is 0.250. The smallest absolute Gasteiger partial charge is 0.260 e. The molecule has 25 heavy (non-hydrogen) atoms. The molecule has 0 aliphatic rings. The highest BCUT2D eigenvalue weighted by Gasteiger charge is 2.22. The first-order valence-electron chi connectivity index (χ1n) is 7.29. The van der Waals surface area contributed by atoms with Crippen LogP contribution in [0.15, 0.2) is 40.8 Å². The van der Waals surface area contributed by atoms with Crippen molar-refractivity contribution in [3.8, 4) is 0 Å². The number of hydrogen-bond donors (Lipinski definition) is 1. The number of carbonyl (C=O) groups excluding carboxylic acids is 1. The molecule has 0 atom stereocenters. The summed E-state index contributed by atoms with van der Waals surface area (Å²) in [5.74, 6) is -0.541. The maximum absolute atomic E-state index is 12.2. The van der Waals surface area contributed by atoms with Crippen LogP contribution >= 0.6 is 22.9 Å². The monoisotopic (exact) mass is 399 g/mol. The van der Waals surface area contributed by atoms with E-state index in [4.69, 9.17) is 11.6 Å². The van der Waals surface area contributed by atoms with Gasteiger partial charge in [-0.3, -0.25) is 9.10 Å². The van der Waals surface area contributed by atoms with Gasteiger partial charge in [0.15, 0.2) is 0 Å². The summed E-state index contributed by atoms with van der Waals surface area (Å²) in [6.07, 6.45) is 1.04. The summed E-state index contributed by atoms with van der Waals surface area (Å²) in [5, 5.41) is 6.31. The van der Waals surface area contributed by atoms with Crippen LogP contribution in [0.5, 0.6) is 0 Å². The van der Waals surface area contributed by atoms with E-state index >= 15 is 0 Å². The average Bonchev–Trinajstić information content (AvgIpc) is 3.06. The quantitative estimate of drug-likeness (QED) is 0.599. The van der Waals surface area contributed by atoms with Gasteiger partial charge in [-0.25, -0.2) is 13.8 Å². The number of rotatable bonds is 6. The molecule has 0 radical (unpaired) electrons. The summed E-state index contributed by atoms with van der Waals surface area (Å²) in [4.78, 5) is 13.1. The predicted octanol–water partition coefficient (Wildman–Crippen LogP) is 3.02. The molecule has 6 nitrogen and oxygen atoms in total. The highest BCUT2D eigenvalue weighted by Crippen LogP contribution is 2.26. The van der Waals surface area contributed by atoms with Gasteiger partial charge in [-0.15, -0.1) is 11.3 Å². The highest BCUT2D eigenvalue weighted by atomic mass is 35.5. The van der Waals surface area contributed by atoms with Gasteiger partial charge in [-0.1, -0.05) is 23.7 Å². The van der Waals surface area contributed by atoms with Crippen LogP contribution in [0.2, 0.25) is 5.02 Å². The molecule has 0 aliphatic heterocycles. The Hall–Kier alpha value is -1.90. The number of carbonyl (C=O) groups is 1. The summed E-state index contributed by atoms with van der Waals surface area (Å²) in [7, 11) is -3.67. The summed E-state index contributed by atoms with van der Waals surface area (Å²) >= 11 is 7.46. The maximum Gasteiger partial charge on any atom is 0.260 e. The van der Waals surface area contributed by atoms with Crippen molar-refractivity contribution in [3.63, 3.8) is 0 Å². The van der Waals surface area contributed by atoms with E-state index in [1.165, 1.54) is 17.4 Å². The number of benzene rings is 1.